The van der Waals surface area contributed by atoms with E-state index in [4.69, 9.17) is 4.42 Å². The zero-order valence-electron chi connectivity index (χ0n) is 10.6. The van der Waals surface area contributed by atoms with Gasteiger partial charge in [-0.05, 0) is 12.1 Å². The van der Waals surface area contributed by atoms with Crippen LogP contribution in [0.1, 0.15) is 11.3 Å². The number of hydrogen-bond donors (Lipinski definition) is 0. The second-order valence-corrected chi connectivity index (χ2v) is 5.13. The number of benzene rings is 1. The van der Waals surface area contributed by atoms with Gasteiger partial charge in [0.05, 0.1) is 33.3 Å². The van der Waals surface area contributed by atoms with Crippen molar-refractivity contribution in [2.45, 2.75) is 13.0 Å². The van der Waals surface area contributed by atoms with Crippen LogP contribution >= 0.6 is 0 Å². The van der Waals surface area contributed by atoms with E-state index in [1.165, 1.54) is 5.56 Å². The van der Waals surface area contributed by atoms with Crippen molar-refractivity contribution in [3.8, 4) is 0 Å². The molecule has 0 N–H and O–H groups in total. The molecule has 0 atom stereocenters. The van der Waals surface area contributed by atoms with Crippen molar-refractivity contribution in [1.82, 2.24) is 0 Å². The molecule has 0 amide bonds. The van der Waals surface area contributed by atoms with Gasteiger partial charge in [-0.3, -0.25) is 0 Å². The van der Waals surface area contributed by atoms with Gasteiger partial charge < -0.3 is 8.90 Å². The Labute approximate surface area is 103 Å². The summed E-state index contributed by atoms with van der Waals surface area (Å²) in [6.07, 6.45) is 2.74. The highest BCUT2D eigenvalue weighted by Gasteiger charge is 2.16. The van der Waals surface area contributed by atoms with Gasteiger partial charge in [0.25, 0.3) is 0 Å². The van der Waals surface area contributed by atoms with Crippen LogP contribution in [0.25, 0.3) is 0 Å². The Morgan fingerprint density at radius 3 is 2.41 bits per heavy atom. The lowest BCUT2D eigenvalue weighted by atomic mass is 10.2. The summed E-state index contributed by atoms with van der Waals surface area (Å²) in [4.78, 5) is 0. The van der Waals surface area contributed by atoms with Gasteiger partial charge >= 0.3 is 0 Å². The van der Waals surface area contributed by atoms with E-state index in [1.54, 1.807) is 6.26 Å². The Bertz CT molecular complexity index is 431. The van der Waals surface area contributed by atoms with Gasteiger partial charge in [-0.25, -0.2) is 0 Å². The largest absolute Gasteiger partial charge is 0.469 e. The third-order valence-electron chi connectivity index (χ3n) is 3.00. The van der Waals surface area contributed by atoms with Crippen LogP contribution < -0.4 is 0 Å². The van der Waals surface area contributed by atoms with E-state index < -0.39 is 0 Å². The van der Waals surface area contributed by atoms with Crippen molar-refractivity contribution in [3.63, 3.8) is 0 Å². The minimum Gasteiger partial charge on any atom is -0.469 e. The zero-order chi connectivity index (χ0) is 12.1. The van der Waals surface area contributed by atoms with E-state index in [1.807, 2.05) is 12.1 Å². The minimum absolute atomic E-state index is 0.977. The standard InChI is InChI=1S/C15H20NO/c1-16(2,11-10-15-9-6-12-17-15)13-14-7-4-3-5-8-14/h3-9,12H,10-11,13H2,1-2H3/q+1. The number of rotatable bonds is 5. The molecule has 90 valence electrons. The van der Waals surface area contributed by atoms with Crippen LogP contribution in [0.3, 0.4) is 0 Å². The first kappa shape index (κ1) is 11.9. The average Bonchev–Trinajstić information content (AvgIpc) is 2.80. The third-order valence-corrected chi connectivity index (χ3v) is 3.00. The highest BCUT2D eigenvalue weighted by atomic mass is 16.3. The summed E-state index contributed by atoms with van der Waals surface area (Å²) in [5.41, 5.74) is 1.39. The summed E-state index contributed by atoms with van der Waals surface area (Å²) >= 11 is 0. The van der Waals surface area contributed by atoms with Crippen LogP contribution in [0.4, 0.5) is 0 Å². The van der Waals surface area contributed by atoms with Crippen LogP contribution in [0.15, 0.2) is 53.1 Å². The molecule has 0 aliphatic carbocycles. The van der Waals surface area contributed by atoms with Crippen LogP contribution in [0.2, 0.25) is 0 Å². The molecule has 0 aliphatic heterocycles. The predicted molar refractivity (Wildman–Crippen MR) is 69.5 cm³/mol. The van der Waals surface area contributed by atoms with Crippen molar-refractivity contribution in [1.29, 1.82) is 0 Å². The normalized spacial score (nSPS) is 11.6. The van der Waals surface area contributed by atoms with Crippen molar-refractivity contribution in [3.05, 3.63) is 60.1 Å². The second kappa shape index (κ2) is 5.19. The quantitative estimate of drug-likeness (QED) is 0.719. The lowest BCUT2D eigenvalue weighted by Crippen LogP contribution is -2.40. The maximum absolute atomic E-state index is 5.37. The maximum atomic E-state index is 5.37. The molecular weight excluding hydrogens is 210 g/mol. The lowest BCUT2D eigenvalue weighted by Gasteiger charge is -2.29. The molecular formula is C15H20NO+. The Balaban J connectivity index is 1.90. The molecule has 0 saturated carbocycles. The monoisotopic (exact) mass is 230 g/mol. The zero-order valence-corrected chi connectivity index (χ0v) is 10.6. The molecule has 0 spiro atoms. The van der Waals surface area contributed by atoms with E-state index in [2.05, 4.69) is 44.4 Å². The SMILES string of the molecule is C[N+](C)(CCc1ccco1)Cc1ccccc1. The van der Waals surface area contributed by atoms with E-state index in [0.29, 0.717) is 0 Å². The number of furan rings is 1. The predicted octanol–water partition coefficient (Wildman–Crippen LogP) is 3.10. The number of likely N-dealkylation sites (N-methyl/N-ethyl adjacent to an activating group) is 1. The molecule has 0 saturated heterocycles. The molecule has 0 fully saturated rings. The summed E-state index contributed by atoms with van der Waals surface area (Å²) in [6.45, 7) is 2.14. The first-order valence-corrected chi connectivity index (χ1v) is 6.04. The Morgan fingerprint density at radius 1 is 1.00 bits per heavy atom. The van der Waals surface area contributed by atoms with E-state index >= 15 is 0 Å². The fourth-order valence-corrected chi connectivity index (χ4v) is 2.02. The molecule has 2 aromatic rings. The highest BCUT2D eigenvalue weighted by Crippen LogP contribution is 2.11. The third kappa shape index (κ3) is 3.75. The fourth-order valence-electron chi connectivity index (χ4n) is 2.02. The second-order valence-electron chi connectivity index (χ2n) is 5.13. The van der Waals surface area contributed by atoms with Gasteiger partial charge in [-0.2, -0.15) is 0 Å². The smallest absolute Gasteiger partial charge is 0.109 e. The summed E-state index contributed by atoms with van der Waals surface area (Å²) in [6, 6.07) is 14.6. The maximum Gasteiger partial charge on any atom is 0.109 e. The Morgan fingerprint density at radius 2 is 1.76 bits per heavy atom. The molecule has 2 nitrogen and oxygen atoms in total. The van der Waals surface area contributed by atoms with Crippen LogP contribution in [0.5, 0.6) is 0 Å². The first-order chi connectivity index (χ1) is 8.16. The minimum atomic E-state index is 0.977. The van der Waals surface area contributed by atoms with Crippen molar-refractivity contribution in [2.24, 2.45) is 0 Å². The first-order valence-electron chi connectivity index (χ1n) is 6.04. The van der Waals surface area contributed by atoms with Crippen molar-refractivity contribution in [2.75, 3.05) is 20.6 Å². The van der Waals surface area contributed by atoms with Crippen LogP contribution in [-0.4, -0.2) is 25.1 Å². The Kier molecular flexibility index (Phi) is 3.64. The summed E-state index contributed by atoms with van der Waals surface area (Å²) in [5, 5.41) is 0. The van der Waals surface area contributed by atoms with Gasteiger partial charge in [0.15, 0.2) is 0 Å². The fraction of sp³-hybridized carbons (Fsp3) is 0.333. The van der Waals surface area contributed by atoms with Gasteiger partial charge in [0, 0.05) is 5.56 Å². The molecule has 0 bridgehead atoms. The van der Waals surface area contributed by atoms with Crippen LogP contribution in [0, 0.1) is 0 Å². The topological polar surface area (TPSA) is 13.1 Å². The van der Waals surface area contributed by atoms with Gasteiger partial charge in [-0.15, -0.1) is 0 Å². The highest BCUT2D eigenvalue weighted by molar-refractivity contribution is 5.13. The van der Waals surface area contributed by atoms with Crippen molar-refractivity contribution >= 4 is 0 Å². The molecule has 1 aromatic carbocycles. The van der Waals surface area contributed by atoms with Crippen LogP contribution in [-0.2, 0) is 13.0 Å². The van der Waals surface area contributed by atoms with E-state index in [-0.39, 0.29) is 0 Å². The Hall–Kier alpha value is -1.54. The van der Waals surface area contributed by atoms with Crippen molar-refractivity contribution < 1.29 is 8.90 Å². The average molecular weight is 230 g/mol. The van der Waals surface area contributed by atoms with E-state index in [0.717, 1.165) is 29.8 Å². The molecule has 1 heterocycles. The molecule has 0 aliphatic rings. The van der Waals surface area contributed by atoms with Gasteiger partial charge in [-0.1, -0.05) is 30.3 Å². The molecule has 2 heteroatoms. The van der Waals surface area contributed by atoms with E-state index in [9.17, 15) is 0 Å². The molecule has 2 rings (SSSR count). The molecule has 0 radical (unpaired) electrons. The number of quaternary nitrogens is 1. The summed E-state index contributed by atoms with van der Waals surface area (Å²) < 4.78 is 6.35. The van der Waals surface area contributed by atoms with Gasteiger partial charge in [0.1, 0.15) is 12.3 Å². The molecule has 0 unspecified atom stereocenters. The molecule has 17 heavy (non-hydrogen) atoms. The lowest BCUT2D eigenvalue weighted by molar-refractivity contribution is -0.903. The summed E-state index contributed by atoms with van der Waals surface area (Å²) in [7, 11) is 4.52. The number of hydrogen-bond acceptors (Lipinski definition) is 1. The summed E-state index contributed by atoms with van der Waals surface area (Å²) in [5.74, 6) is 1.07. The van der Waals surface area contributed by atoms with Gasteiger partial charge in [0.2, 0.25) is 0 Å². The molecule has 1 aromatic heterocycles. The number of nitrogens with zero attached hydrogens (tertiary/aromatic N) is 1.